The van der Waals surface area contributed by atoms with Gasteiger partial charge in [0.2, 0.25) is 5.91 Å². The molecule has 0 aromatic carbocycles. The zero-order valence-electron chi connectivity index (χ0n) is 9.68. The summed E-state index contributed by atoms with van der Waals surface area (Å²) in [6.45, 7) is 8.95. The molecule has 4 nitrogen and oxygen atoms in total. The Morgan fingerprint density at radius 3 is 2.07 bits per heavy atom. The predicted molar refractivity (Wildman–Crippen MR) is 58.2 cm³/mol. The number of rotatable bonds is 5. The fraction of sp³-hybridized carbons (Fsp3) is 0.900. The van der Waals surface area contributed by atoms with Crippen molar-refractivity contribution in [3.05, 3.63) is 0 Å². The largest absolute Gasteiger partial charge is 0.330 e. The lowest BCUT2D eigenvalue weighted by Gasteiger charge is -2.33. The van der Waals surface area contributed by atoms with E-state index in [1.54, 1.807) is 0 Å². The first kappa shape index (κ1) is 13.4. The van der Waals surface area contributed by atoms with Crippen molar-refractivity contribution < 1.29 is 4.79 Å². The fourth-order valence-electron chi connectivity index (χ4n) is 1.92. The zero-order valence-corrected chi connectivity index (χ0v) is 9.68. The van der Waals surface area contributed by atoms with E-state index in [1.807, 2.05) is 0 Å². The van der Waals surface area contributed by atoms with Gasteiger partial charge in [0, 0.05) is 6.42 Å². The maximum Gasteiger partial charge on any atom is 0.234 e. The summed E-state index contributed by atoms with van der Waals surface area (Å²) in [4.78, 5) is 11.1. The predicted octanol–water partition coefficient (Wildman–Crippen LogP) is 0.768. The summed E-state index contributed by atoms with van der Waals surface area (Å²) in [6, 6.07) is 0. The van der Waals surface area contributed by atoms with Crippen LogP contribution in [-0.2, 0) is 4.79 Å². The molecule has 4 heteroatoms. The third-order valence-corrected chi connectivity index (χ3v) is 2.31. The van der Waals surface area contributed by atoms with Crippen LogP contribution in [0.5, 0.6) is 0 Å². The Morgan fingerprint density at radius 1 is 1.21 bits per heavy atom. The zero-order chi connectivity index (χ0) is 11.4. The van der Waals surface area contributed by atoms with Crippen molar-refractivity contribution in [1.29, 1.82) is 0 Å². The average molecular weight is 201 g/mol. The van der Waals surface area contributed by atoms with Crippen molar-refractivity contribution in [1.82, 2.24) is 5.43 Å². The van der Waals surface area contributed by atoms with Gasteiger partial charge in [0.05, 0.1) is 0 Å². The van der Waals surface area contributed by atoms with Crippen LogP contribution in [0.4, 0.5) is 0 Å². The van der Waals surface area contributed by atoms with Gasteiger partial charge < -0.3 is 5.73 Å². The molecular weight excluding hydrogens is 178 g/mol. The van der Waals surface area contributed by atoms with Crippen LogP contribution in [0.15, 0.2) is 0 Å². The van der Waals surface area contributed by atoms with Crippen molar-refractivity contribution in [2.75, 3.05) is 6.54 Å². The lowest BCUT2D eigenvalue weighted by atomic mass is 9.73. The van der Waals surface area contributed by atoms with Gasteiger partial charge >= 0.3 is 0 Å². The molecule has 5 N–H and O–H groups in total. The Kier molecular flexibility index (Phi) is 4.55. The van der Waals surface area contributed by atoms with Crippen LogP contribution < -0.4 is 17.0 Å². The SMILES string of the molecule is CC(C)(CN)CC(C)(C)CC(=O)NN. The Hall–Kier alpha value is -0.610. The Morgan fingerprint density at radius 2 is 1.71 bits per heavy atom. The molecule has 0 spiro atoms. The summed E-state index contributed by atoms with van der Waals surface area (Å²) in [5.41, 5.74) is 7.81. The molecule has 0 saturated heterocycles. The van der Waals surface area contributed by atoms with Crippen LogP contribution in [-0.4, -0.2) is 12.5 Å². The van der Waals surface area contributed by atoms with E-state index in [-0.39, 0.29) is 16.7 Å². The monoisotopic (exact) mass is 201 g/mol. The Balaban J connectivity index is 4.26. The lowest BCUT2D eigenvalue weighted by Crippen LogP contribution is -2.36. The topological polar surface area (TPSA) is 81.1 Å². The highest BCUT2D eigenvalue weighted by atomic mass is 16.2. The summed E-state index contributed by atoms with van der Waals surface area (Å²) < 4.78 is 0. The lowest BCUT2D eigenvalue weighted by molar-refractivity contribution is -0.123. The van der Waals surface area contributed by atoms with Gasteiger partial charge in [-0.25, -0.2) is 5.84 Å². The van der Waals surface area contributed by atoms with Gasteiger partial charge in [-0.05, 0) is 23.8 Å². The second kappa shape index (κ2) is 4.75. The van der Waals surface area contributed by atoms with Gasteiger partial charge in [-0.2, -0.15) is 0 Å². The van der Waals surface area contributed by atoms with Crippen LogP contribution in [0.25, 0.3) is 0 Å². The molecule has 0 aromatic rings. The maximum absolute atomic E-state index is 11.1. The smallest absolute Gasteiger partial charge is 0.234 e. The van der Waals surface area contributed by atoms with Crippen molar-refractivity contribution in [2.24, 2.45) is 22.4 Å². The van der Waals surface area contributed by atoms with E-state index in [0.717, 1.165) is 6.42 Å². The summed E-state index contributed by atoms with van der Waals surface area (Å²) in [6.07, 6.45) is 1.34. The van der Waals surface area contributed by atoms with Gasteiger partial charge in [-0.15, -0.1) is 0 Å². The van der Waals surface area contributed by atoms with Gasteiger partial charge in [0.1, 0.15) is 0 Å². The number of nitrogens with one attached hydrogen (secondary N) is 1. The van der Waals surface area contributed by atoms with Crippen molar-refractivity contribution in [3.63, 3.8) is 0 Å². The summed E-state index contributed by atoms with van der Waals surface area (Å²) in [5.74, 6) is 4.93. The van der Waals surface area contributed by atoms with Crippen molar-refractivity contribution in [3.8, 4) is 0 Å². The van der Waals surface area contributed by atoms with Crippen LogP contribution in [0, 0.1) is 10.8 Å². The average Bonchev–Trinajstić information content (AvgIpc) is 2.01. The highest BCUT2D eigenvalue weighted by molar-refractivity contribution is 5.75. The number of hydrogen-bond acceptors (Lipinski definition) is 3. The molecule has 0 radical (unpaired) electrons. The molecular formula is C10H23N3O. The highest BCUT2D eigenvalue weighted by Gasteiger charge is 2.29. The van der Waals surface area contributed by atoms with E-state index < -0.39 is 0 Å². The van der Waals surface area contributed by atoms with Crippen LogP contribution in [0.2, 0.25) is 0 Å². The van der Waals surface area contributed by atoms with E-state index in [4.69, 9.17) is 11.6 Å². The van der Waals surface area contributed by atoms with Gasteiger partial charge in [-0.1, -0.05) is 27.7 Å². The molecule has 0 heterocycles. The summed E-state index contributed by atoms with van der Waals surface area (Å²) in [5, 5.41) is 0. The highest BCUT2D eigenvalue weighted by Crippen LogP contribution is 2.35. The number of amides is 1. The van der Waals surface area contributed by atoms with Gasteiger partial charge in [-0.3, -0.25) is 10.2 Å². The van der Waals surface area contributed by atoms with Crippen molar-refractivity contribution in [2.45, 2.75) is 40.5 Å². The minimum absolute atomic E-state index is 0.0632. The molecule has 0 atom stereocenters. The maximum atomic E-state index is 11.1. The summed E-state index contributed by atoms with van der Waals surface area (Å²) >= 11 is 0. The molecule has 0 unspecified atom stereocenters. The fourth-order valence-corrected chi connectivity index (χ4v) is 1.92. The Labute approximate surface area is 86.4 Å². The normalized spacial score (nSPS) is 12.7. The quantitative estimate of drug-likeness (QED) is 0.349. The molecule has 1 amide bonds. The number of hydrazine groups is 1. The number of nitrogens with two attached hydrogens (primary N) is 2. The van der Waals surface area contributed by atoms with Crippen LogP contribution >= 0.6 is 0 Å². The minimum atomic E-state index is -0.122. The van der Waals surface area contributed by atoms with E-state index in [0.29, 0.717) is 13.0 Å². The van der Waals surface area contributed by atoms with Crippen molar-refractivity contribution >= 4 is 5.91 Å². The molecule has 0 fully saturated rings. The van der Waals surface area contributed by atoms with E-state index >= 15 is 0 Å². The molecule has 0 aliphatic carbocycles. The molecule has 0 aliphatic heterocycles. The number of carbonyl (C=O) groups excluding carboxylic acids is 1. The molecule has 0 bridgehead atoms. The molecule has 84 valence electrons. The Bertz CT molecular complexity index is 200. The molecule has 0 aromatic heterocycles. The van der Waals surface area contributed by atoms with E-state index in [2.05, 4.69) is 33.1 Å². The van der Waals surface area contributed by atoms with Crippen LogP contribution in [0.3, 0.4) is 0 Å². The van der Waals surface area contributed by atoms with Gasteiger partial charge in [0.15, 0.2) is 0 Å². The first-order valence-corrected chi connectivity index (χ1v) is 4.92. The van der Waals surface area contributed by atoms with E-state index in [9.17, 15) is 4.79 Å². The molecule has 0 saturated carbocycles. The second-order valence-corrected chi connectivity index (χ2v) is 5.45. The third kappa shape index (κ3) is 5.19. The third-order valence-electron chi connectivity index (χ3n) is 2.31. The number of carbonyl (C=O) groups is 1. The minimum Gasteiger partial charge on any atom is -0.330 e. The van der Waals surface area contributed by atoms with E-state index in [1.165, 1.54) is 0 Å². The first-order valence-electron chi connectivity index (χ1n) is 4.92. The second-order valence-electron chi connectivity index (χ2n) is 5.45. The molecule has 14 heavy (non-hydrogen) atoms. The summed E-state index contributed by atoms with van der Waals surface area (Å²) in [7, 11) is 0. The molecule has 0 rings (SSSR count). The van der Waals surface area contributed by atoms with Gasteiger partial charge in [0.25, 0.3) is 0 Å². The first-order chi connectivity index (χ1) is 6.22. The number of hydrogen-bond donors (Lipinski definition) is 3. The standard InChI is InChI=1S/C10H23N3O/c1-9(2,5-8(14)13-12)6-10(3,4)7-11/h5-7,11-12H2,1-4H3,(H,13,14). The molecule has 0 aliphatic rings. The van der Waals surface area contributed by atoms with Crippen LogP contribution in [0.1, 0.15) is 40.5 Å².